The van der Waals surface area contributed by atoms with Crippen molar-refractivity contribution in [3.63, 3.8) is 0 Å². The zero-order chi connectivity index (χ0) is 19.0. The number of hydrogen-bond donors (Lipinski definition) is 0. The van der Waals surface area contributed by atoms with E-state index in [1.54, 1.807) is 0 Å². The van der Waals surface area contributed by atoms with Crippen molar-refractivity contribution < 1.29 is 18.8 Å². The normalized spacial score (nSPS) is 19.4. The molecule has 2 aliphatic rings. The van der Waals surface area contributed by atoms with Crippen molar-refractivity contribution in [2.75, 3.05) is 4.90 Å². The standard InChI is InChI=1S/C21H19FN2O3/c22-16-8-10-17(11-9-16)24-19(25)12-18(21(24)27)23(20(26)15-6-7-15)13-14-4-2-1-3-5-14/h1-5,8-11,15,18H,6-7,12-13H2. The maximum atomic E-state index is 13.2. The van der Waals surface area contributed by atoms with Crippen LogP contribution in [-0.4, -0.2) is 28.7 Å². The zero-order valence-corrected chi connectivity index (χ0v) is 14.7. The Bertz CT molecular complexity index is 878. The number of carbonyl (C=O) groups is 3. The quantitative estimate of drug-likeness (QED) is 0.765. The van der Waals surface area contributed by atoms with E-state index in [1.165, 1.54) is 29.2 Å². The summed E-state index contributed by atoms with van der Waals surface area (Å²) in [4.78, 5) is 40.9. The van der Waals surface area contributed by atoms with E-state index in [4.69, 9.17) is 0 Å². The molecule has 1 atom stereocenters. The minimum absolute atomic E-state index is 0.0541. The van der Waals surface area contributed by atoms with E-state index in [2.05, 4.69) is 0 Å². The van der Waals surface area contributed by atoms with E-state index >= 15 is 0 Å². The number of amides is 3. The Labute approximate surface area is 156 Å². The van der Waals surface area contributed by atoms with Crippen LogP contribution >= 0.6 is 0 Å². The third kappa shape index (κ3) is 3.47. The van der Waals surface area contributed by atoms with Crippen molar-refractivity contribution in [1.29, 1.82) is 0 Å². The van der Waals surface area contributed by atoms with Crippen LogP contribution in [0.1, 0.15) is 24.8 Å². The largest absolute Gasteiger partial charge is 0.326 e. The molecule has 1 heterocycles. The average molecular weight is 366 g/mol. The molecule has 0 radical (unpaired) electrons. The fraction of sp³-hybridized carbons (Fsp3) is 0.286. The molecule has 6 heteroatoms. The van der Waals surface area contributed by atoms with E-state index in [9.17, 15) is 18.8 Å². The molecule has 2 aromatic carbocycles. The lowest BCUT2D eigenvalue weighted by Gasteiger charge is -2.28. The summed E-state index contributed by atoms with van der Waals surface area (Å²) in [6, 6.07) is 13.8. The Morgan fingerprint density at radius 2 is 1.70 bits per heavy atom. The summed E-state index contributed by atoms with van der Waals surface area (Å²) in [5.74, 6) is -1.39. The topological polar surface area (TPSA) is 57.7 Å². The van der Waals surface area contributed by atoms with Gasteiger partial charge in [0.2, 0.25) is 11.8 Å². The second kappa shape index (κ2) is 6.95. The van der Waals surface area contributed by atoms with Gasteiger partial charge in [-0.2, -0.15) is 0 Å². The monoisotopic (exact) mass is 366 g/mol. The SMILES string of the molecule is O=C1CC(N(Cc2ccccc2)C(=O)C2CC2)C(=O)N1c1ccc(F)cc1. The Balaban J connectivity index is 1.61. The van der Waals surface area contributed by atoms with Gasteiger partial charge in [0, 0.05) is 12.5 Å². The van der Waals surface area contributed by atoms with E-state index in [0.29, 0.717) is 5.69 Å². The summed E-state index contributed by atoms with van der Waals surface area (Å²) >= 11 is 0. The summed E-state index contributed by atoms with van der Waals surface area (Å²) in [5, 5.41) is 0. The third-order valence-electron chi connectivity index (χ3n) is 4.99. The zero-order valence-electron chi connectivity index (χ0n) is 14.7. The molecule has 27 heavy (non-hydrogen) atoms. The van der Waals surface area contributed by atoms with Crippen LogP contribution < -0.4 is 4.90 Å². The summed E-state index contributed by atoms with van der Waals surface area (Å²) in [6.07, 6.45) is 1.59. The van der Waals surface area contributed by atoms with Gasteiger partial charge in [0.05, 0.1) is 12.1 Å². The lowest BCUT2D eigenvalue weighted by molar-refractivity contribution is -0.140. The fourth-order valence-corrected chi connectivity index (χ4v) is 3.41. The summed E-state index contributed by atoms with van der Waals surface area (Å²) in [5.41, 5.74) is 1.24. The van der Waals surface area contributed by atoms with Gasteiger partial charge in [-0.15, -0.1) is 0 Å². The molecule has 1 saturated heterocycles. The van der Waals surface area contributed by atoms with Crippen molar-refractivity contribution in [3.8, 4) is 0 Å². The maximum absolute atomic E-state index is 13.2. The van der Waals surface area contributed by atoms with Gasteiger partial charge in [-0.1, -0.05) is 30.3 Å². The Hall–Kier alpha value is -3.02. The van der Waals surface area contributed by atoms with E-state index in [1.807, 2.05) is 30.3 Å². The average Bonchev–Trinajstić information content (AvgIpc) is 3.47. The van der Waals surface area contributed by atoms with Crippen molar-refractivity contribution in [1.82, 2.24) is 4.90 Å². The fourth-order valence-electron chi connectivity index (χ4n) is 3.41. The first-order valence-electron chi connectivity index (χ1n) is 9.01. The van der Waals surface area contributed by atoms with Gasteiger partial charge >= 0.3 is 0 Å². The van der Waals surface area contributed by atoms with E-state index in [0.717, 1.165) is 23.3 Å². The first kappa shape index (κ1) is 17.4. The van der Waals surface area contributed by atoms with Crippen molar-refractivity contribution >= 4 is 23.4 Å². The van der Waals surface area contributed by atoms with Gasteiger partial charge in [0.15, 0.2) is 0 Å². The van der Waals surface area contributed by atoms with Crippen LogP contribution in [0.2, 0.25) is 0 Å². The highest BCUT2D eigenvalue weighted by molar-refractivity contribution is 6.23. The predicted molar refractivity (Wildman–Crippen MR) is 97.0 cm³/mol. The van der Waals surface area contributed by atoms with E-state index < -0.39 is 17.8 Å². The van der Waals surface area contributed by atoms with Crippen LogP contribution in [0.3, 0.4) is 0 Å². The molecule has 2 aromatic rings. The number of carbonyl (C=O) groups excluding carboxylic acids is 3. The van der Waals surface area contributed by atoms with Crippen molar-refractivity contribution in [2.24, 2.45) is 5.92 Å². The third-order valence-corrected chi connectivity index (χ3v) is 4.99. The second-order valence-corrected chi connectivity index (χ2v) is 6.99. The number of hydrogen-bond acceptors (Lipinski definition) is 3. The highest BCUT2D eigenvalue weighted by atomic mass is 19.1. The van der Waals surface area contributed by atoms with Gasteiger partial charge < -0.3 is 4.90 Å². The molecule has 4 rings (SSSR count). The molecule has 5 nitrogen and oxygen atoms in total. The number of rotatable bonds is 5. The van der Waals surface area contributed by atoms with Crippen LogP contribution in [0, 0.1) is 11.7 Å². The molecule has 1 unspecified atom stereocenters. The number of benzene rings is 2. The van der Waals surface area contributed by atoms with Gasteiger partial charge in [0.25, 0.3) is 5.91 Å². The highest BCUT2D eigenvalue weighted by Gasteiger charge is 2.46. The molecule has 0 bridgehead atoms. The molecule has 3 amide bonds. The summed E-state index contributed by atoms with van der Waals surface area (Å²) < 4.78 is 13.2. The van der Waals surface area contributed by atoms with Crippen molar-refractivity contribution in [2.45, 2.75) is 31.8 Å². The number of nitrogens with zero attached hydrogens (tertiary/aromatic N) is 2. The van der Waals surface area contributed by atoms with Crippen LogP contribution in [-0.2, 0) is 20.9 Å². The molecule has 1 saturated carbocycles. The smallest absolute Gasteiger partial charge is 0.257 e. The van der Waals surface area contributed by atoms with Gasteiger partial charge in [0.1, 0.15) is 11.9 Å². The molecule has 0 N–H and O–H groups in total. The molecular formula is C21H19FN2O3. The minimum atomic E-state index is -0.823. The van der Waals surface area contributed by atoms with Crippen molar-refractivity contribution in [3.05, 3.63) is 66.0 Å². The Kier molecular flexibility index (Phi) is 4.48. The lowest BCUT2D eigenvalue weighted by Crippen LogP contribution is -2.45. The summed E-state index contributed by atoms with van der Waals surface area (Å²) in [7, 11) is 0. The van der Waals surface area contributed by atoms with Crippen LogP contribution in [0.15, 0.2) is 54.6 Å². The minimum Gasteiger partial charge on any atom is -0.326 e. The molecule has 2 fully saturated rings. The number of anilines is 1. The second-order valence-electron chi connectivity index (χ2n) is 6.99. The van der Waals surface area contributed by atoms with Gasteiger partial charge in [-0.3, -0.25) is 14.4 Å². The first-order chi connectivity index (χ1) is 13.0. The van der Waals surface area contributed by atoms with Crippen LogP contribution in [0.4, 0.5) is 10.1 Å². The van der Waals surface area contributed by atoms with E-state index in [-0.39, 0.29) is 30.7 Å². The van der Waals surface area contributed by atoms with Gasteiger partial charge in [-0.05, 0) is 42.7 Å². The Morgan fingerprint density at radius 1 is 1.04 bits per heavy atom. The molecular weight excluding hydrogens is 347 g/mol. The van der Waals surface area contributed by atoms with Gasteiger partial charge in [-0.25, -0.2) is 9.29 Å². The Morgan fingerprint density at radius 3 is 2.33 bits per heavy atom. The van der Waals surface area contributed by atoms with Crippen LogP contribution in [0.5, 0.6) is 0 Å². The maximum Gasteiger partial charge on any atom is 0.257 e. The highest BCUT2D eigenvalue weighted by Crippen LogP contribution is 2.34. The van der Waals surface area contributed by atoms with Crippen LogP contribution in [0.25, 0.3) is 0 Å². The molecule has 0 spiro atoms. The number of imide groups is 1. The number of halogens is 1. The molecule has 1 aliphatic heterocycles. The summed E-state index contributed by atoms with van der Waals surface area (Å²) in [6.45, 7) is 0.289. The molecule has 1 aliphatic carbocycles. The lowest BCUT2D eigenvalue weighted by atomic mass is 10.1. The first-order valence-corrected chi connectivity index (χ1v) is 9.01. The molecule has 0 aromatic heterocycles. The molecule has 138 valence electrons. The predicted octanol–water partition coefficient (Wildman–Crippen LogP) is 2.90.